The third-order valence-corrected chi connectivity index (χ3v) is 4.97. The van der Waals surface area contributed by atoms with Gasteiger partial charge in [-0.25, -0.2) is 0 Å². The minimum atomic E-state index is -0.933. The summed E-state index contributed by atoms with van der Waals surface area (Å²) in [6, 6.07) is 11.7. The van der Waals surface area contributed by atoms with Crippen LogP contribution in [0.25, 0.3) is 0 Å². The maximum Gasteiger partial charge on any atom is 0.306 e. The Balaban J connectivity index is 1.64. The molecule has 6 nitrogen and oxygen atoms in total. The molecule has 1 aliphatic rings. The van der Waals surface area contributed by atoms with E-state index in [2.05, 4.69) is 0 Å². The number of thioether (sulfide) groups is 1. The number of furan rings is 1. The van der Waals surface area contributed by atoms with Crippen LogP contribution in [0, 0.1) is 0 Å². The third kappa shape index (κ3) is 4.64. The van der Waals surface area contributed by atoms with Crippen LogP contribution < -0.4 is 0 Å². The van der Waals surface area contributed by atoms with E-state index in [1.54, 1.807) is 22.7 Å². The van der Waals surface area contributed by atoms with Crippen LogP contribution in [0.2, 0.25) is 0 Å². The highest BCUT2D eigenvalue weighted by Gasteiger charge is 2.29. The van der Waals surface area contributed by atoms with Crippen LogP contribution in [-0.2, 0) is 15.3 Å². The van der Waals surface area contributed by atoms with Gasteiger partial charge in [0.05, 0.1) is 25.4 Å². The fraction of sp³-hybridized carbons (Fsp3) is 0.333. The van der Waals surface area contributed by atoms with Crippen molar-refractivity contribution >= 4 is 23.6 Å². The number of carbonyl (C=O) groups is 2. The van der Waals surface area contributed by atoms with Gasteiger partial charge in [-0.15, -0.1) is 11.8 Å². The summed E-state index contributed by atoms with van der Waals surface area (Å²) in [4.78, 5) is 26.3. The number of aliphatic carboxylic acids is 1. The minimum absolute atomic E-state index is 0.112. The Bertz CT molecular complexity index is 730. The fourth-order valence-electron chi connectivity index (χ4n) is 2.68. The first-order chi connectivity index (χ1) is 12.1. The molecule has 0 spiro atoms. The van der Waals surface area contributed by atoms with E-state index in [-0.39, 0.29) is 18.9 Å². The molecule has 1 unspecified atom stereocenters. The average Bonchev–Trinajstić information content (AvgIpc) is 3.08. The first-order valence-corrected chi connectivity index (χ1v) is 8.99. The normalized spacial score (nSPS) is 17.4. The standard InChI is InChI=1S/C18H19NO5S/c20-16(21)10-14-11-19(7-9-23-14)18(22)17-13(6-8-24-17)12-25-15-4-2-1-3-5-15/h1-6,8,14H,7,9-12H2,(H,20,21). The van der Waals surface area contributed by atoms with Crippen molar-refractivity contribution < 1.29 is 23.8 Å². The van der Waals surface area contributed by atoms with Crippen molar-refractivity contribution in [3.63, 3.8) is 0 Å². The second-order valence-corrected chi connectivity index (χ2v) is 6.77. The molecule has 1 N–H and O–H groups in total. The molecule has 1 aliphatic heterocycles. The maximum atomic E-state index is 12.7. The number of hydrogen-bond donors (Lipinski definition) is 1. The van der Waals surface area contributed by atoms with Crippen LogP contribution in [0.3, 0.4) is 0 Å². The number of nitrogens with zero attached hydrogens (tertiary/aromatic N) is 1. The lowest BCUT2D eigenvalue weighted by Gasteiger charge is -2.31. The number of ether oxygens (including phenoxy) is 1. The highest BCUT2D eigenvalue weighted by Crippen LogP contribution is 2.26. The van der Waals surface area contributed by atoms with Crippen LogP contribution in [0.1, 0.15) is 22.5 Å². The highest BCUT2D eigenvalue weighted by atomic mass is 32.2. The Labute approximate surface area is 149 Å². The van der Waals surface area contributed by atoms with Crippen molar-refractivity contribution in [2.45, 2.75) is 23.2 Å². The zero-order valence-electron chi connectivity index (χ0n) is 13.6. The summed E-state index contributed by atoms with van der Waals surface area (Å²) in [5, 5.41) is 8.89. The minimum Gasteiger partial charge on any atom is -0.481 e. The SMILES string of the molecule is O=C(O)CC1CN(C(=O)c2occc2CSc2ccccc2)CCO1. The van der Waals surface area contributed by atoms with Crippen molar-refractivity contribution in [2.75, 3.05) is 19.7 Å². The lowest BCUT2D eigenvalue weighted by molar-refractivity contribution is -0.141. The Morgan fingerprint density at radius 2 is 2.04 bits per heavy atom. The summed E-state index contributed by atoms with van der Waals surface area (Å²) >= 11 is 1.63. The second kappa shape index (κ2) is 8.22. The largest absolute Gasteiger partial charge is 0.481 e. The Hall–Kier alpha value is -2.25. The zero-order valence-corrected chi connectivity index (χ0v) is 14.4. The fourth-order valence-corrected chi connectivity index (χ4v) is 3.58. The van der Waals surface area contributed by atoms with Crippen molar-refractivity contribution in [2.24, 2.45) is 0 Å². The maximum absolute atomic E-state index is 12.7. The number of amides is 1. The van der Waals surface area contributed by atoms with Crippen molar-refractivity contribution in [3.05, 3.63) is 54.0 Å². The van der Waals surface area contributed by atoms with E-state index in [4.69, 9.17) is 14.3 Å². The van der Waals surface area contributed by atoms with Gasteiger partial charge in [0.15, 0.2) is 5.76 Å². The molecule has 0 bridgehead atoms. The summed E-state index contributed by atoms with van der Waals surface area (Å²) in [6.45, 7) is 1.02. The summed E-state index contributed by atoms with van der Waals surface area (Å²) in [5.74, 6) is -0.200. The number of carbonyl (C=O) groups excluding carboxylic acids is 1. The van der Waals surface area contributed by atoms with E-state index in [1.807, 2.05) is 30.3 Å². The molecule has 25 heavy (non-hydrogen) atoms. The Morgan fingerprint density at radius 1 is 1.24 bits per heavy atom. The summed E-state index contributed by atoms with van der Waals surface area (Å²) in [7, 11) is 0. The number of benzene rings is 1. The molecule has 1 saturated heterocycles. The number of rotatable bonds is 6. The van der Waals surface area contributed by atoms with Gasteiger partial charge in [0.2, 0.25) is 0 Å². The van der Waals surface area contributed by atoms with E-state index < -0.39 is 12.1 Å². The van der Waals surface area contributed by atoms with E-state index >= 15 is 0 Å². The molecular formula is C18H19NO5S. The monoisotopic (exact) mass is 361 g/mol. The lowest BCUT2D eigenvalue weighted by Crippen LogP contribution is -2.46. The molecule has 2 heterocycles. The van der Waals surface area contributed by atoms with Gasteiger partial charge >= 0.3 is 5.97 Å². The zero-order chi connectivity index (χ0) is 17.6. The van der Waals surface area contributed by atoms with E-state index in [1.165, 1.54) is 6.26 Å². The van der Waals surface area contributed by atoms with Gasteiger partial charge in [0.1, 0.15) is 0 Å². The molecule has 0 aliphatic carbocycles. The Kier molecular flexibility index (Phi) is 5.78. The highest BCUT2D eigenvalue weighted by molar-refractivity contribution is 7.98. The van der Waals surface area contributed by atoms with E-state index in [0.29, 0.717) is 24.7 Å². The molecule has 1 aromatic heterocycles. The summed E-state index contributed by atoms with van der Waals surface area (Å²) in [6.07, 6.45) is 0.925. The molecule has 2 aromatic rings. The first-order valence-electron chi connectivity index (χ1n) is 8.00. The van der Waals surface area contributed by atoms with Crippen molar-refractivity contribution in [1.82, 2.24) is 4.90 Å². The topological polar surface area (TPSA) is 80.0 Å². The van der Waals surface area contributed by atoms with Crippen LogP contribution in [-0.4, -0.2) is 47.7 Å². The summed E-state index contributed by atoms with van der Waals surface area (Å²) < 4.78 is 10.8. The van der Waals surface area contributed by atoms with Gasteiger partial charge in [-0.1, -0.05) is 18.2 Å². The Morgan fingerprint density at radius 3 is 2.80 bits per heavy atom. The van der Waals surface area contributed by atoms with Crippen LogP contribution in [0.5, 0.6) is 0 Å². The second-order valence-electron chi connectivity index (χ2n) is 5.72. The lowest BCUT2D eigenvalue weighted by atomic mass is 10.2. The molecule has 1 fully saturated rings. The van der Waals surface area contributed by atoms with Gasteiger partial charge in [-0.05, 0) is 18.2 Å². The van der Waals surface area contributed by atoms with Gasteiger partial charge in [0, 0.05) is 29.3 Å². The number of carboxylic acids is 1. The van der Waals surface area contributed by atoms with Crippen LogP contribution in [0.4, 0.5) is 0 Å². The molecule has 0 radical (unpaired) electrons. The van der Waals surface area contributed by atoms with Gasteiger partial charge < -0.3 is 19.2 Å². The summed E-state index contributed by atoms with van der Waals surface area (Å²) in [5.41, 5.74) is 0.833. The number of hydrogen-bond acceptors (Lipinski definition) is 5. The molecule has 1 atom stereocenters. The molecule has 0 saturated carbocycles. The van der Waals surface area contributed by atoms with Crippen LogP contribution >= 0.6 is 11.8 Å². The first kappa shape index (κ1) is 17.6. The molecular weight excluding hydrogens is 342 g/mol. The molecule has 1 aromatic carbocycles. The van der Waals surface area contributed by atoms with Crippen molar-refractivity contribution in [1.29, 1.82) is 0 Å². The van der Waals surface area contributed by atoms with E-state index in [9.17, 15) is 9.59 Å². The molecule has 132 valence electrons. The molecule has 1 amide bonds. The van der Waals surface area contributed by atoms with Gasteiger partial charge in [0.25, 0.3) is 5.91 Å². The number of morpholine rings is 1. The van der Waals surface area contributed by atoms with Gasteiger partial charge in [-0.3, -0.25) is 9.59 Å². The van der Waals surface area contributed by atoms with Crippen molar-refractivity contribution in [3.8, 4) is 0 Å². The smallest absolute Gasteiger partial charge is 0.306 e. The molecule has 3 rings (SSSR count). The predicted octanol–water partition coefficient (Wildman–Crippen LogP) is 2.89. The predicted molar refractivity (Wildman–Crippen MR) is 92.6 cm³/mol. The molecule has 7 heteroatoms. The van der Waals surface area contributed by atoms with E-state index in [0.717, 1.165) is 10.5 Å². The quantitative estimate of drug-likeness (QED) is 0.797. The van der Waals surface area contributed by atoms with Crippen LogP contribution in [0.15, 0.2) is 52.0 Å². The number of carboxylic acid groups (broad SMARTS) is 1. The third-order valence-electron chi connectivity index (χ3n) is 3.91. The van der Waals surface area contributed by atoms with Gasteiger partial charge in [-0.2, -0.15) is 0 Å². The average molecular weight is 361 g/mol.